The van der Waals surface area contributed by atoms with E-state index in [1.54, 1.807) is 6.92 Å². The van der Waals surface area contributed by atoms with Crippen LogP contribution in [0.5, 0.6) is 0 Å². The maximum Gasteiger partial charge on any atom is 0.129 e. The number of rotatable bonds is 4. The number of hydrogen-bond donors (Lipinski definition) is 0. The lowest BCUT2D eigenvalue weighted by Crippen LogP contribution is -1.92. The maximum atomic E-state index is 10.7. The predicted molar refractivity (Wildman–Crippen MR) is 62.5 cm³/mol. The smallest absolute Gasteiger partial charge is 0.129 e. The zero-order valence-electron chi connectivity index (χ0n) is 8.64. The van der Waals surface area contributed by atoms with E-state index in [1.807, 2.05) is 0 Å². The van der Waals surface area contributed by atoms with Crippen LogP contribution in [-0.2, 0) is 11.2 Å². The molecule has 0 saturated carbocycles. The third-order valence-electron chi connectivity index (χ3n) is 2.23. The van der Waals surface area contributed by atoms with Gasteiger partial charge in [0.1, 0.15) is 5.78 Å². The monoisotopic (exact) mass is 254 g/mol. The lowest BCUT2D eigenvalue weighted by atomic mass is 10.1. The molecule has 0 heterocycles. The molecule has 0 spiro atoms. The molecular formula is C12H15BrO. The van der Waals surface area contributed by atoms with E-state index in [0.717, 1.165) is 17.3 Å². The highest BCUT2D eigenvalue weighted by molar-refractivity contribution is 9.10. The number of Topliss-reactive ketones (excluding diaryl/α,β-unsaturated/α-hetero) is 1. The van der Waals surface area contributed by atoms with Crippen LogP contribution in [0.1, 0.15) is 30.9 Å². The second kappa shape index (κ2) is 5.30. The first-order valence-corrected chi connectivity index (χ1v) is 5.63. The van der Waals surface area contributed by atoms with Crippen molar-refractivity contribution >= 4 is 21.7 Å². The van der Waals surface area contributed by atoms with E-state index in [0.29, 0.717) is 6.42 Å². The van der Waals surface area contributed by atoms with Crippen LogP contribution in [0.25, 0.3) is 0 Å². The van der Waals surface area contributed by atoms with Gasteiger partial charge in [-0.1, -0.05) is 28.1 Å². The summed E-state index contributed by atoms with van der Waals surface area (Å²) in [6.07, 6.45) is 2.62. The number of hydrogen-bond acceptors (Lipinski definition) is 1. The quantitative estimate of drug-likeness (QED) is 0.802. The van der Waals surface area contributed by atoms with Crippen molar-refractivity contribution in [3.63, 3.8) is 0 Å². The Labute approximate surface area is 93.7 Å². The third-order valence-corrected chi connectivity index (χ3v) is 3.08. The molecule has 0 fully saturated rings. The van der Waals surface area contributed by atoms with Gasteiger partial charge in [-0.05, 0) is 43.9 Å². The molecule has 1 aromatic carbocycles. The van der Waals surface area contributed by atoms with Crippen molar-refractivity contribution in [1.82, 2.24) is 0 Å². The molecule has 1 aromatic rings. The normalized spacial score (nSPS) is 10.2. The Morgan fingerprint density at radius 3 is 2.71 bits per heavy atom. The van der Waals surface area contributed by atoms with E-state index in [9.17, 15) is 4.79 Å². The van der Waals surface area contributed by atoms with E-state index >= 15 is 0 Å². The minimum Gasteiger partial charge on any atom is -0.300 e. The molecule has 76 valence electrons. The molecule has 0 radical (unpaired) electrons. The molecule has 0 aliphatic carbocycles. The van der Waals surface area contributed by atoms with Crippen LogP contribution in [0.4, 0.5) is 0 Å². The summed E-state index contributed by atoms with van der Waals surface area (Å²) < 4.78 is 1.15. The van der Waals surface area contributed by atoms with Crippen LogP contribution in [0.3, 0.4) is 0 Å². The van der Waals surface area contributed by atoms with E-state index in [2.05, 4.69) is 41.1 Å². The molecule has 1 rings (SSSR count). The number of aryl methyl sites for hydroxylation is 2. The molecule has 1 nitrogen and oxygen atoms in total. The molecule has 14 heavy (non-hydrogen) atoms. The van der Waals surface area contributed by atoms with Gasteiger partial charge in [-0.3, -0.25) is 0 Å². The lowest BCUT2D eigenvalue weighted by Gasteiger charge is -2.03. The van der Waals surface area contributed by atoms with Crippen LogP contribution in [0.15, 0.2) is 22.7 Å². The summed E-state index contributed by atoms with van der Waals surface area (Å²) in [5.74, 6) is 0.274. The third kappa shape index (κ3) is 3.62. The highest BCUT2D eigenvalue weighted by Gasteiger charge is 1.99. The van der Waals surface area contributed by atoms with Gasteiger partial charge in [-0.15, -0.1) is 0 Å². The molecule has 0 amide bonds. The zero-order valence-corrected chi connectivity index (χ0v) is 10.2. The van der Waals surface area contributed by atoms with Gasteiger partial charge >= 0.3 is 0 Å². The summed E-state index contributed by atoms with van der Waals surface area (Å²) in [5.41, 5.74) is 2.55. The van der Waals surface area contributed by atoms with Crippen molar-refractivity contribution in [2.45, 2.75) is 33.1 Å². The van der Waals surface area contributed by atoms with Gasteiger partial charge in [0.2, 0.25) is 0 Å². The Kier molecular flexibility index (Phi) is 4.33. The number of ketones is 1. The molecule has 0 aromatic heterocycles. The Bertz CT molecular complexity index is 331. The van der Waals surface area contributed by atoms with Gasteiger partial charge in [-0.2, -0.15) is 0 Å². The second-order valence-electron chi connectivity index (χ2n) is 3.64. The van der Waals surface area contributed by atoms with Crippen LogP contribution < -0.4 is 0 Å². The Morgan fingerprint density at radius 2 is 2.14 bits per heavy atom. The number of carbonyl (C=O) groups excluding carboxylic acids is 1. The van der Waals surface area contributed by atoms with Crippen LogP contribution in [0.2, 0.25) is 0 Å². The average Bonchev–Trinajstić information content (AvgIpc) is 2.10. The first-order chi connectivity index (χ1) is 6.59. The van der Waals surface area contributed by atoms with Crippen molar-refractivity contribution < 1.29 is 4.79 Å². The van der Waals surface area contributed by atoms with Gasteiger partial charge in [0, 0.05) is 10.9 Å². The molecule has 0 bridgehead atoms. The highest BCUT2D eigenvalue weighted by Crippen LogP contribution is 2.18. The van der Waals surface area contributed by atoms with Crippen molar-refractivity contribution in [1.29, 1.82) is 0 Å². The van der Waals surface area contributed by atoms with Crippen LogP contribution in [-0.4, -0.2) is 5.78 Å². The van der Waals surface area contributed by atoms with Crippen LogP contribution in [0, 0.1) is 6.92 Å². The summed E-state index contributed by atoms with van der Waals surface area (Å²) in [5, 5.41) is 0. The first kappa shape index (κ1) is 11.4. The van der Waals surface area contributed by atoms with Crippen molar-refractivity contribution in [3.05, 3.63) is 33.8 Å². The number of benzene rings is 1. The SMILES string of the molecule is CC(=O)CCCc1ccc(C)c(Br)c1. The summed E-state index contributed by atoms with van der Waals surface area (Å²) in [6.45, 7) is 3.72. The van der Waals surface area contributed by atoms with Crippen molar-refractivity contribution in [2.75, 3.05) is 0 Å². The van der Waals surface area contributed by atoms with Gasteiger partial charge < -0.3 is 4.79 Å². The fraction of sp³-hybridized carbons (Fsp3) is 0.417. The topological polar surface area (TPSA) is 17.1 Å². The molecule has 0 aliphatic rings. The minimum atomic E-state index is 0.274. The summed E-state index contributed by atoms with van der Waals surface area (Å²) >= 11 is 3.50. The van der Waals surface area contributed by atoms with Gasteiger partial charge in [0.05, 0.1) is 0 Å². The second-order valence-corrected chi connectivity index (χ2v) is 4.49. The summed E-state index contributed by atoms with van der Waals surface area (Å²) in [4.78, 5) is 10.7. The molecular weight excluding hydrogens is 240 g/mol. The summed E-state index contributed by atoms with van der Waals surface area (Å²) in [7, 11) is 0. The van der Waals surface area contributed by atoms with E-state index in [-0.39, 0.29) is 5.78 Å². The first-order valence-electron chi connectivity index (χ1n) is 4.84. The van der Waals surface area contributed by atoms with Gasteiger partial charge in [-0.25, -0.2) is 0 Å². The number of carbonyl (C=O) groups is 1. The summed E-state index contributed by atoms with van der Waals surface area (Å²) in [6, 6.07) is 6.36. The molecule has 0 unspecified atom stereocenters. The Hall–Kier alpha value is -0.630. The molecule has 0 atom stereocenters. The fourth-order valence-corrected chi connectivity index (χ4v) is 1.76. The largest absolute Gasteiger partial charge is 0.300 e. The molecule has 0 saturated heterocycles. The van der Waals surface area contributed by atoms with Gasteiger partial charge in [0.15, 0.2) is 0 Å². The van der Waals surface area contributed by atoms with E-state index in [1.165, 1.54) is 11.1 Å². The standard InChI is InChI=1S/C12H15BrO/c1-9-6-7-11(8-12(9)13)5-3-4-10(2)14/h6-8H,3-5H2,1-2H3. The molecule has 2 heteroatoms. The van der Waals surface area contributed by atoms with Gasteiger partial charge in [0.25, 0.3) is 0 Å². The Morgan fingerprint density at radius 1 is 1.43 bits per heavy atom. The van der Waals surface area contributed by atoms with E-state index in [4.69, 9.17) is 0 Å². The van der Waals surface area contributed by atoms with E-state index < -0.39 is 0 Å². The predicted octanol–water partition coefficient (Wildman–Crippen LogP) is 3.67. The average molecular weight is 255 g/mol. The molecule has 0 aliphatic heterocycles. The molecule has 0 N–H and O–H groups in total. The number of halogens is 1. The Balaban J connectivity index is 2.51. The van der Waals surface area contributed by atoms with Crippen molar-refractivity contribution in [2.24, 2.45) is 0 Å². The maximum absolute atomic E-state index is 10.7. The zero-order chi connectivity index (χ0) is 10.6. The lowest BCUT2D eigenvalue weighted by molar-refractivity contribution is -0.117. The fourth-order valence-electron chi connectivity index (χ4n) is 1.33. The minimum absolute atomic E-state index is 0.274. The van der Waals surface area contributed by atoms with Crippen LogP contribution >= 0.6 is 15.9 Å². The van der Waals surface area contributed by atoms with Crippen molar-refractivity contribution in [3.8, 4) is 0 Å². The highest BCUT2D eigenvalue weighted by atomic mass is 79.9.